The van der Waals surface area contributed by atoms with Gasteiger partial charge in [0.25, 0.3) is 0 Å². The highest BCUT2D eigenvalue weighted by Crippen LogP contribution is 2.46. The van der Waals surface area contributed by atoms with Gasteiger partial charge in [0.15, 0.2) is 29.0 Å². The number of anilines is 4. The molecule has 4 heterocycles. The third-order valence-electron chi connectivity index (χ3n) is 5.67. The monoisotopic (exact) mass is 489 g/mol. The van der Waals surface area contributed by atoms with Crippen molar-refractivity contribution < 1.29 is 28.2 Å². The molecule has 0 saturated carbocycles. The summed E-state index contributed by atoms with van der Waals surface area (Å²) in [4.78, 5) is 24.5. The van der Waals surface area contributed by atoms with Crippen molar-refractivity contribution in [3.05, 3.63) is 58.4 Å². The summed E-state index contributed by atoms with van der Waals surface area (Å²) in [5, 5.41) is 13.1. The largest absolute Gasteiger partial charge is 0.493 e. The number of aliphatic hydroxyl groups is 1. The highest BCUT2D eigenvalue weighted by Gasteiger charge is 2.41. The Morgan fingerprint density at radius 1 is 1.18 bits per heavy atom. The number of carbonyl (C=O) groups is 1. The Labute approximate surface area is 197 Å². The number of rotatable bonds is 4. The fraction of sp³-hybridized carbons (Fsp3) is 0.227. The van der Waals surface area contributed by atoms with Crippen molar-refractivity contribution in [1.82, 2.24) is 9.97 Å². The Morgan fingerprint density at radius 3 is 2.53 bits per heavy atom. The molecule has 34 heavy (non-hydrogen) atoms. The zero-order valence-corrected chi connectivity index (χ0v) is 18.7. The summed E-state index contributed by atoms with van der Waals surface area (Å²) in [7, 11) is 2.44. The van der Waals surface area contributed by atoms with Gasteiger partial charge >= 0.3 is 6.03 Å². The van der Waals surface area contributed by atoms with Gasteiger partial charge in [-0.15, -0.1) is 0 Å². The topological polar surface area (TPSA) is 100 Å². The minimum absolute atomic E-state index is 0.0607. The second kappa shape index (κ2) is 8.26. The Hall–Kier alpha value is -3.70. The molecular formula is C22H18ClF2N5O4. The van der Waals surface area contributed by atoms with Crippen LogP contribution in [-0.4, -0.2) is 41.6 Å². The summed E-state index contributed by atoms with van der Waals surface area (Å²) in [5.41, 5.74) is 0.773. The number of pyridine rings is 2. The quantitative estimate of drug-likeness (QED) is 0.571. The van der Waals surface area contributed by atoms with Crippen molar-refractivity contribution in [2.24, 2.45) is 0 Å². The lowest BCUT2D eigenvalue weighted by Gasteiger charge is -2.37. The number of nitrogens with one attached hydrogen (secondary N) is 1. The minimum Gasteiger partial charge on any atom is -0.493 e. The van der Waals surface area contributed by atoms with E-state index in [1.54, 1.807) is 12.1 Å². The number of halogens is 3. The maximum Gasteiger partial charge on any atom is 0.335 e. The van der Waals surface area contributed by atoms with E-state index in [0.717, 1.165) is 11.0 Å². The van der Waals surface area contributed by atoms with Crippen molar-refractivity contribution in [2.75, 3.05) is 29.3 Å². The molecule has 1 aromatic carbocycles. The first-order chi connectivity index (χ1) is 16.3. The fourth-order valence-corrected chi connectivity index (χ4v) is 4.38. The van der Waals surface area contributed by atoms with Crippen LogP contribution in [0.2, 0.25) is 5.02 Å². The Bertz CT molecular complexity index is 1300. The van der Waals surface area contributed by atoms with Crippen LogP contribution >= 0.6 is 11.6 Å². The molecule has 0 bridgehead atoms. The van der Waals surface area contributed by atoms with E-state index >= 15 is 8.78 Å². The standard InChI is InChI=1S/C22H18ClF2N5O4/c1-33-13-7-14(34-2)17(25)19(16(13)24)29-9-10-8-27-20-11(6-15(31)28-20)18(10)30(22(29)32)21-12(23)4-3-5-26-21/h3-5,7-8,15,31H,6,9H2,1-2H3,(H,27,28). The van der Waals surface area contributed by atoms with E-state index in [0.29, 0.717) is 22.6 Å². The second-order valence-electron chi connectivity index (χ2n) is 7.59. The summed E-state index contributed by atoms with van der Waals surface area (Å²) in [6.45, 7) is -0.213. The molecule has 2 aliphatic rings. The van der Waals surface area contributed by atoms with E-state index in [1.807, 2.05) is 0 Å². The average molecular weight is 490 g/mol. The number of aliphatic hydroxyl groups excluding tert-OH is 1. The molecular weight excluding hydrogens is 472 g/mol. The summed E-state index contributed by atoms with van der Waals surface area (Å²) in [6, 6.07) is 3.38. The highest BCUT2D eigenvalue weighted by molar-refractivity contribution is 6.34. The lowest BCUT2D eigenvalue weighted by atomic mass is 10.0. The van der Waals surface area contributed by atoms with Crippen molar-refractivity contribution in [3.63, 3.8) is 0 Å². The lowest BCUT2D eigenvalue weighted by Crippen LogP contribution is -2.46. The Kier molecular flexibility index (Phi) is 5.37. The molecule has 2 amide bonds. The molecule has 0 fully saturated rings. The zero-order valence-electron chi connectivity index (χ0n) is 18.0. The average Bonchev–Trinajstić information content (AvgIpc) is 3.21. The van der Waals surface area contributed by atoms with Gasteiger partial charge in [-0.3, -0.25) is 4.90 Å². The van der Waals surface area contributed by atoms with Gasteiger partial charge in [0.2, 0.25) is 0 Å². The molecule has 5 rings (SSSR count). The predicted octanol–water partition coefficient (Wildman–Crippen LogP) is 3.99. The van der Waals surface area contributed by atoms with Gasteiger partial charge in [-0.2, -0.15) is 0 Å². The normalized spacial score (nSPS) is 16.8. The van der Waals surface area contributed by atoms with Crippen LogP contribution in [0.15, 0.2) is 30.6 Å². The third kappa shape index (κ3) is 3.27. The van der Waals surface area contributed by atoms with Crippen LogP contribution < -0.4 is 24.6 Å². The SMILES string of the molecule is COc1cc(OC)c(F)c(N2Cc3cnc4c(c3N(c3ncccc3Cl)C2=O)CC(O)N4)c1F. The van der Waals surface area contributed by atoms with Crippen LogP contribution in [0.25, 0.3) is 0 Å². The number of amides is 2. The van der Waals surface area contributed by atoms with Gasteiger partial charge < -0.3 is 19.9 Å². The number of carbonyl (C=O) groups excluding carboxylic acids is 1. The number of fused-ring (bicyclic) bond motifs is 3. The molecule has 9 nitrogen and oxygen atoms in total. The van der Waals surface area contributed by atoms with Crippen LogP contribution in [0, 0.1) is 11.6 Å². The van der Waals surface area contributed by atoms with E-state index < -0.39 is 29.6 Å². The van der Waals surface area contributed by atoms with E-state index in [-0.39, 0.29) is 35.3 Å². The van der Waals surface area contributed by atoms with Gasteiger partial charge in [0.1, 0.15) is 17.7 Å². The first-order valence-electron chi connectivity index (χ1n) is 10.1. The van der Waals surface area contributed by atoms with Crippen molar-refractivity contribution in [1.29, 1.82) is 0 Å². The van der Waals surface area contributed by atoms with Gasteiger partial charge in [-0.05, 0) is 12.1 Å². The molecule has 0 aliphatic carbocycles. The summed E-state index contributed by atoms with van der Waals surface area (Å²) < 4.78 is 40.7. The zero-order chi connectivity index (χ0) is 24.1. The van der Waals surface area contributed by atoms with Crippen LogP contribution in [0.3, 0.4) is 0 Å². The first-order valence-corrected chi connectivity index (χ1v) is 10.5. The number of methoxy groups -OCH3 is 2. The molecule has 2 aliphatic heterocycles. The van der Waals surface area contributed by atoms with Gasteiger partial charge in [0, 0.05) is 36.0 Å². The van der Waals surface area contributed by atoms with E-state index in [1.165, 1.54) is 31.5 Å². The molecule has 12 heteroatoms. The van der Waals surface area contributed by atoms with E-state index in [4.69, 9.17) is 21.1 Å². The van der Waals surface area contributed by atoms with E-state index in [9.17, 15) is 9.90 Å². The van der Waals surface area contributed by atoms with Gasteiger partial charge in [-0.25, -0.2) is 28.4 Å². The molecule has 176 valence electrons. The van der Waals surface area contributed by atoms with Crippen LogP contribution in [0.5, 0.6) is 11.5 Å². The summed E-state index contributed by atoms with van der Waals surface area (Å²) in [6.07, 6.45) is 2.17. The molecule has 2 aromatic heterocycles. The van der Waals surface area contributed by atoms with Crippen LogP contribution in [0.4, 0.5) is 36.6 Å². The maximum atomic E-state index is 15.3. The minimum atomic E-state index is -1.07. The smallest absolute Gasteiger partial charge is 0.335 e. The number of aromatic nitrogens is 2. The number of hydrogen-bond donors (Lipinski definition) is 2. The van der Waals surface area contributed by atoms with Crippen LogP contribution in [0.1, 0.15) is 11.1 Å². The molecule has 1 unspecified atom stereocenters. The Balaban J connectivity index is 1.76. The molecule has 0 spiro atoms. The predicted molar refractivity (Wildman–Crippen MR) is 120 cm³/mol. The molecule has 0 radical (unpaired) electrons. The van der Waals surface area contributed by atoms with Crippen molar-refractivity contribution in [2.45, 2.75) is 19.2 Å². The maximum absolute atomic E-state index is 15.3. The Morgan fingerprint density at radius 2 is 1.88 bits per heavy atom. The lowest BCUT2D eigenvalue weighted by molar-refractivity contribution is 0.212. The number of ether oxygens (including phenoxy) is 2. The number of urea groups is 1. The number of hydrogen-bond acceptors (Lipinski definition) is 7. The third-order valence-corrected chi connectivity index (χ3v) is 5.97. The summed E-state index contributed by atoms with van der Waals surface area (Å²) in [5.74, 6) is -2.29. The fourth-order valence-electron chi connectivity index (χ4n) is 4.18. The molecule has 2 N–H and O–H groups in total. The first kappa shape index (κ1) is 22.1. The number of nitrogens with zero attached hydrogens (tertiary/aromatic N) is 4. The van der Waals surface area contributed by atoms with E-state index in [2.05, 4.69) is 15.3 Å². The molecule has 1 atom stereocenters. The van der Waals surface area contributed by atoms with Crippen molar-refractivity contribution in [3.8, 4) is 11.5 Å². The second-order valence-corrected chi connectivity index (χ2v) is 8.00. The van der Waals surface area contributed by atoms with Gasteiger partial charge in [0.05, 0.1) is 31.5 Å². The van der Waals surface area contributed by atoms with Crippen molar-refractivity contribution >= 4 is 40.6 Å². The molecule has 3 aromatic rings. The number of benzene rings is 1. The van der Waals surface area contributed by atoms with Crippen LogP contribution in [-0.2, 0) is 13.0 Å². The molecule has 0 saturated heterocycles. The highest BCUT2D eigenvalue weighted by atomic mass is 35.5. The van der Waals surface area contributed by atoms with Gasteiger partial charge in [-0.1, -0.05) is 11.6 Å². The summed E-state index contributed by atoms with van der Waals surface area (Å²) >= 11 is 6.38.